The third-order valence-electron chi connectivity index (χ3n) is 3.84. The molecular weight excluding hydrogens is 288 g/mol. The maximum atomic E-state index is 12.4. The summed E-state index contributed by atoms with van der Waals surface area (Å²) in [5.74, 6) is 0. The number of aryl methyl sites for hydroxylation is 1. The lowest BCUT2D eigenvalue weighted by molar-refractivity contribution is 0.505. The van der Waals surface area contributed by atoms with Crippen molar-refractivity contribution in [2.24, 2.45) is 5.73 Å². The van der Waals surface area contributed by atoms with Crippen molar-refractivity contribution in [3.05, 3.63) is 47.2 Å². The van der Waals surface area contributed by atoms with Crippen LogP contribution in [0.2, 0.25) is 0 Å². The average Bonchev–Trinajstić information content (AvgIpc) is 2.96. The van der Waals surface area contributed by atoms with E-state index in [-0.39, 0.29) is 17.6 Å². The number of hydrogen-bond acceptors (Lipinski definition) is 4. The normalized spacial score (nSPS) is 18.4. The highest BCUT2D eigenvalue weighted by molar-refractivity contribution is 7.89. The molecule has 3 rings (SSSR count). The van der Waals surface area contributed by atoms with Crippen molar-refractivity contribution in [1.29, 1.82) is 0 Å². The van der Waals surface area contributed by atoms with Crippen LogP contribution < -0.4 is 10.5 Å². The number of benzene rings is 1. The van der Waals surface area contributed by atoms with Crippen LogP contribution in [0, 0.1) is 0 Å². The zero-order valence-corrected chi connectivity index (χ0v) is 12.4. The fourth-order valence-electron chi connectivity index (χ4n) is 2.75. The first-order valence-electron chi connectivity index (χ1n) is 6.91. The van der Waals surface area contributed by atoms with E-state index in [1.807, 2.05) is 12.1 Å². The van der Waals surface area contributed by atoms with Gasteiger partial charge in [-0.3, -0.25) is 5.10 Å². The van der Waals surface area contributed by atoms with Gasteiger partial charge in [0.05, 0.1) is 6.20 Å². The maximum Gasteiger partial charge on any atom is 0.258 e. The Kier molecular flexibility index (Phi) is 3.79. The lowest BCUT2D eigenvalue weighted by Crippen LogP contribution is -2.39. The number of sulfonamides is 1. The number of nitrogens with two attached hydrogens (primary N) is 1. The summed E-state index contributed by atoms with van der Waals surface area (Å²) in [6.45, 7) is 0.139. The first-order valence-corrected chi connectivity index (χ1v) is 8.40. The highest BCUT2D eigenvalue weighted by Gasteiger charge is 2.26. The van der Waals surface area contributed by atoms with Crippen LogP contribution in [0.5, 0.6) is 0 Å². The summed E-state index contributed by atoms with van der Waals surface area (Å²) in [6.07, 6.45) is 3.84. The largest absolute Gasteiger partial charge is 0.326 e. The number of hydrogen-bond donors (Lipinski definition) is 3. The predicted octanol–water partition coefficient (Wildman–Crippen LogP) is 0.704. The van der Waals surface area contributed by atoms with E-state index in [4.69, 9.17) is 5.73 Å². The lowest BCUT2D eigenvalue weighted by atomic mass is 9.89. The molecular formula is C14H18N4O2S. The third-order valence-corrected chi connectivity index (χ3v) is 5.37. The van der Waals surface area contributed by atoms with Gasteiger partial charge in [0, 0.05) is 18.2 Å². The predicted molar refractivity (Wildman–Crippen MR) is 79.1 cm³/mol. The summed E-state index contributed by atoms with van der Waals surface area (Å²) in [5.41, 5.74) is 8.55. The van der Waals surface area contributed by atoms with Crippen LogP contribution in [0.4, 0.5) is 0 Å². The summed E-state index contributed by atoms with van der Waals surface area (Å²) < 4.78 is 27.6. The van der Waals surface area contributed by atoms with E-state index in [9.17, 15) is 8.42 Å². The summed E-state index contributed by atoms with van der Waals surface area (Å²) in [5, 5.41) is 6.36. The SMILES string of the molecule is NCc1cn[nH]c1S(=O)(=O)NC1CCc2ccccc2C1. The molecule has 0 fully saturated rings. The Balaban J connectivity index is 1.79. The summed E-state index contributed by atoms with van der Waals surface area (Å²) in [4.78, 5) is 0. The van der Waals surface area contributed by atoms with Crippen LogP contribution in [-0.2, 0) is 29.4 Å². The van der Waals surface area contributed by atoms with Crippen LogP contribution in [0.1, 0.15) is 23.1 Å². The highest BCUT2D eigenvalue weighted by Crippen LogP contribution is 2.22. The molecule has 1 atom stereocenters. The molecule has 1 aliphatic carbocycles. The second-order valence-electron chi connectivity index (χ2n) is 5.26. The van der Waals surface area contributed by atoms with Crippen molar-refractivity contribution in [2.75, 3.05) is 0 Å². The molecule has 1 heterocycles. The van der Waals surface area contributed by atoms with E-state index in [0.29, 0.717) is 12.0 Å². The molecule has 2 aromatic rings. The van der Waals surface area contributed by atoms with E-state index in [2.05, 4.69) is 27.1 Å². The van der Waals surface area contributed by atoms with Gasteiger partial charge in [0.2, 0.25) is 0 Å². The fraction of sp³-hybridized carbons (Fsp3) is 0.357. The van der Waals surface area contributed by atoms with Crippen LogP contribution >= 0.6 is 0 Å². The summed E-state index contributed by atoms with van der Waals surface area (Å²) >= 11 is 0. The molecule has 1 unspecified atom stereocenters. The number of aromatic amines is 1. The van der Waals surface area contributed by atoms with Crippen molar-refractivity contribution in [1.82, 2.24) is 14.9 Å². The minimum absolute atomic E-state index is 0.0730. The second-order valence-corrected chi connectivity index (χ2v) is 6.91. The average molecular weight is 306 g/mol. The van der Waals surface area contributed by atoms with Crippen molar-refractivity contribution in [3.8, 4) is 0 Å². The molecule has 0 aliphatic heterocycles. The molecule has 4 N–H and O–H groups in total. The van der Waals surface area contributed by atoms with E-state index in [0.717, 1.165) is 12.8 Å². The molecule has 0 radical (unpaired) electrons. The van der Waals surface area contributed by atoms with Crippen molar-refractivity contribution >= 4 is 10.0 Å². The van der Waals surface area contributed by atoms with E-state index < -0.39 is 10.0 Å². The van der Waals surface area contributed by atoms with Gasteiger partial charge >= 0.3 is 0 Å². The molecule has 21 heavy (non-hydrogen) atoms. The Morgan fingerprint density at radius 1 is 1.33 bits per heavy atom. The Bertz CT molecular complexity index is 739. The number of nitrogens with zero attached hydrogens (tertiary/aromatic N) is 1. The van der Waals surface area contributed by atoms with E-state index in [1.54, 1.807) is 0 Å². The van der Waals surface area contributed by atoms with Gasteiger partial charge in [0.25, 0.3) is 10.0 Å². The quantitative estimate of drug-likeness (QED) is 0.774. The summed E-state index contributed by atoms with van der Waals surface area (Å²) in [7, 11) is -3.61. The van der Waals surface area contributed by atoms with Crippen LogP contribution in [0.3, 0.4) is 0 Å². The maximum absolute atomic E-state index is 12.4. The molecule has 0 amide bonds. The van der Waals surface area contributed by atoms with Crippen molar-refractivity contribution in [3.63, 3.8) is 0 Å². The highest BCUT2D eigenvalue weighted by atomic mass is 32.2. The fourth-order valence-corrected chi connectivity index (χ4v) is 4.17. The molecule has 1 aliphatic rings. The zero-order valence-electron chi connectivity index (χ0n) is 11.5. The van der Waals surface area contributed by atoms with Gasteiger partial charge in [0.15, 0.2) is 5.03 Å². The molecule has 0 bridgehead atoms. The Morgan fingerprint density at radius 3 is 2.86 bits per heavy atom. The third kappa shape index (κ3) is 2.85. The molecule has 1 aromatic carbocycles. The standard InChI is InChI=1S/C14H18N4O2S/c15-8-12-9-16-17-14(12)21(19,20)18-13-6-5-10-3-1-2-4-11(10)7-13/h1-4,9,13,18H,5-8,15H2,(H,16,17). The number of fused-ring (bicyclic) bond motifs is 1. The van der Waals surface area contributed by atoms with Gasteiger partial charge in [-0.1, -0.05) is 24.3 Å². The first-order chi connectivity index (χ1) is 10.1. The molecule has 1 aromatic heterocycles. The van der Waals surface area contributed by atoms with Crippen molar-refractivity contribution < 1.29 is 8.42 Å². The monoisotopic (exact) mass is 306 g/mol. The van der Waals surface area contributed by atoms with Crippen molar-refractivity contribution in [2.45, 2.75) is 36.9 Å². The van der Waals surface area contributed by atoms with Gasteiger partial charge in [-0.2, -0.15) is 5.10 Å². The Labute approximate surface area is 123 Å². The molecule has 6 nitrogen and oxygen atoms in total. The summed E-state index contributed by atoms with van der Waals surface area (Å²) in [6, 6.07) is 8.05. The lowest BCUT2D eigenvalue weighted by Gasteiger charge is -2.25. The van der Waals surface area contributed by atoms with Gasteiger partial charge < -0.3 is 5.73 Å². The Morgan fingerprint density at radius 2 is 2.10 bits per heavy atom. The first kappa shape index (κ1) is 14.2. The topological polar surface area (TPSA) is 101 Å². The van der Waals surface area contributed by atoms with Crippen LogP contribution in [0.25, 0.3) is 0 Å². The molecule has 112 valence electrons. The van der Waals surface area contributed by atoms with Crippen LogP contribution in [-0.4, -0.2) is 24.7 Å². The molecule has 0 spiro atoms. The minimum Gasteiger partial charge on any atom is -0.326 e. The van der Waals surface area contributed by atoms with Gasteiger partial charge in [-0.05, 0) is 30.4 Å². The number of nitrogens with one attached hydrogen (secondary N) is 2. The van der Waals surface area contributed by atoms with Gasteiger partial charge in [0.1, 0.15) is 0 Å². The molecule has 0 saturated carbocycles. The molecule has 7 heteroatoms. The second kappa shape index (κ2) is 5.59. The Hall–Kier alpha value is -1.70. The van der Waals surface area contributed by atoms with E-state index >= 15 is 0 Å². The van der Waals surface area contributed by atoms with Crippen LogP contribution in [0.15, 0.2) is 35.5 Å². The number of rotatable bonds is 4. The smallest absolute Gasteiger partial charge is 0.258 e. The van der Waals surface area contributed by atoms with E-state index in [1.165, 1.54) is 17.3 Å². The number of H-pyrrole nitrogens is 1. The number of aromatic nitrogens is 2. The molecule has 0 saturated heterocycles. The van der Waals surface area contributed by atoms with Gasteiger partial charge in [-0.15, -0.1) is 0 Å². The minimum atomic E-state index is -3.61. The van der Waals surface area contributed by atoms with Gasteiger partial charge in [-0.25, -0.2) is 13.1 Å². The zero-order chi connectivity index (χ0) is 14.9.